The van der Waals surface area contributed by atoms with Crippen LogP contribution in [0.2, 0.25) is 5.02 Å². The highest BCUT2D eigenvalue weighted by Crippen LogP contribution is 2.23. The van der Waals surface area contributed by atoms with Crippen molar-refractivity contribution in [3.63, 3.8) is 0 Å². The fourth-order valence-electron chi connectivity index (χ4n) is 2.46. The Balaban J connectivity index is 1.78. The van der Waals surface area contributed by atoms with Gasteiger partial charge in [-0.2, -0.15) is 0 Å². The average molecular weight is 379 g/mol. The molecule has 1 saturated carbocycles. The Morgan fingerprint density at radius 2 is 1.92 bits per heavy atom. The van der Waals surface area contributed by atoms with Gasteiger partial charge >= 0.3 is 0 Å². The first-order valence-electron chi connectivity index (χ1n) is 7.98. The lowest BCUT2D eigenvalue weighted by atomic mass is 10.1. The van der Waals surface area contributed by atoms with Crippen molar-refractivity contribution in [2.24, 2.45) is 0 Å². The van der Waals surface area contributed by atoms with Crippen LogP contribution in [0, 0.1) is 0 Å². The van der Waals surface area contributed by atoms with E-state index in [-0.39, 0.29) is 16.8 Å². The number of carbonyl (C=O) groups is 1. The maximum Gasteiger partial charge on any atom is 0.253 e. The molecule has 0 unspecified atom stereocenters. The van der Waals surface area contributed by atoms with Crippen LogP contribution in [0.15, 0.2) is 53.4 Å². The summed E-state index contributed by atoms with van der Waals surface area (Å²) in [5.41, 5.74) is 1.16. The molecule has 0 aromatic heterocycles. The molecule has 7 heteroatoms. The van der Waals surface area contributed by atoms with E-state index in [1.807, 2.05) is 18.2 Å². The van der Waals surface area contributed by atoms with Crippen molar-refractivity contribution in [2.75, 3.05) is 7.05 Å². The molecule has 0 bridgehead atoms. The van der Waals surface area contributed by atoms with Crippen LogP contribution in [0.3, 0.4) is 0 Å². The molecule has 1 aliphatic carbocycles. The Morgan fingerprint density at radius 1 is 1.20 bits per heavy atom. The number of nitrogens with zero attached hydrogens (tertiary/aromatic N) is 1. The summed E-state index contributed by atoms with van der Waals surface area (Å²) in [7, 11) is -1.92. The number of hydrogen-bond acceptors (Lipinski definition) is 3. The summed E-state index contributed by atoms with van der Waals surface area (Å²) in [6.45, 7) is 0.343. The number of halogens is 1. The van der Waals surface area contributed by atoms with E-state index >= 15 is 0 Å². The van der Waals surface area contributed by atoms with Gasteiger partial charge in [0.15, 0.2) is 0 Å². The molecule has 2 aromatic rings. The van der Waals surface area contributed by atoms with Gasteiger partial charge in [0, 0.05) is 30.2 Å². The van der Waals surface area contributed by atoms with Crippen LogP contribution in [0.1, 0.15) is 28.8 Å². The molecule has 25 heavy (non-hydrogen) atoms. The molecule has 1 aliphatic rings. The van der Waals surface area contributed by atoms with E-state index in [4.69, 9.17) is 11.6 Å². The minimum atomic E-state index is -3.59. The second kappa shape index (κ2) is 7.15. The van der Waals surface area contributed by atoms with Crippen molar-refractivity contribution >= 4 is 27.5 Å². The van der Waals surface area contributed by atoms with Gasteiger partial charge in [-0.3, -0.25) is 4.79 Å². The molecule has 5 nitrogen and oxygen atoms in total. The molecule has 3 rings (SSSR count). The molecule has 0 saturated heterocycles. The molecular formula is C18H19ClN2O3S. The third-order valence-electron chi connectivity index (χ3n) is 4.00. The van der Waals surface area contributed by atoms with Crippen LogP contribution in [0.25, 0.3) is 0 Å². The molecule has 1 amide bonds. The van der Waals surface area contributed by atoms with Gasteiger partial charge in [0.2, 0.25) is 10.0 Å². The maximum atomic E-state index is 12.6. The van der Waals surface area contributed by atoms with E-state index in [2.05, 4.69) is 4.72 Å². The van der Waals surface area contributed by atoms with E-state index in [9.17, 15) is 13.2 Å². The predicted molar refractivity (Wildman–Crippen MR) is 97.0 cm³/mol. The van der Waals surface area contributed by atoms with E-state index < -0.39 is 10.0 Å². The fraction of sp³-hybridized carbons (Fsp3) is 0.278. The summed E-state index contributed by atoms with van der Waals surface area (Å²) < 4.78 is 27.2. The van der Waals surface area contributed by atoms with Crippen molar-refractivity contribution in [3.05, 3.63) is 64.7 Å². The van der Waals surface area contributed by atoms with Crippen molar-refractivity contribution in [1.29, 1.82) is 0 Å². The monoisotopic (exact) mass is 378 g/mol. The minimum absolute atomic E-state index is 0.0206. The van der Waals surface area contributed by atoms with E-state index in [1.54, 1.807) is 25.2 Å². The Hall–Kier alpha value is -1.89. The second-order valence-corrected chi connectivity index (χ2v) is 8.30. The molecule has 2 aromatic carbocycles. The number of nitrogens with one attached hydrogen (secondary N) is 1. The lowest BCUT2D eigenvalue weighted by Crippen LogP contribution is -2.28. The van der Waals surface area contributed by atoms with Crippen LogP contribution in [-0.4, -0.2) is 32.3 Å². The summed E-state index contributed by atoms with van der Waals surface area (Å²) in [5, 5.41) is 0.590. The Labute approximate surface area is 152 Å². The lowest BCUT2D eigenvalue weighted by molar-refractivity contribution is 0.0785. The number of amides is 1. The highest BCUT2D eigenvalue weighted by Gasteiger charge is 2.28. The Kier molecular flexibility index (Phi) is 5.13. The Bertz CT molecular complexity index is 895. The van der Waals surface area contributed by atoms with Crippen molar-refractivity contribution in [3.8, 4) is 0 Å². The summed E-state index contributed by atoms with van der Waals surface area (Å²) in [6, 6.07) is 13.4. The predicted octanol–water partition coefficient (Wildman–Crippen LogP) is 3.05. The zero-order valence-corrected chi connectivity index (χ0v) is 15.3. The molecule has 1 N–H and O–H groups in total. The average Bonchev–Trinajstić information content (AvgIpc) is 3.39. The lowest BCUT2D eigenvalue weighted by Gasteiger charge is -2.18. The van der Waals surface area contributed by atoms with Gasteiger partial charge in [-0.1, -0.05) is 35.9 Å². The van der Waals surface area contributed by atoms with Crippen LogP contribution < -0.4 is 4.72 Å². The molecule has 0 atom stereocenters. The normalized spacial score (nSPS) is 14.3. The van der Waals surface area contributed by atoms with Gasteiger partial charge < -0.3 is 4.90 Å². The first kappa shape index (κ1) is 17.9. The van der Waals surface area contributed by atoms with Gasteiger partial charge in [0.25, 0.3) is 5.91 Å². The molecule has 1 fully saturated rings. The molecule has 0 spiro atoms. The summed E-state index contributed by atoms with van der Waals surface area (Å²) in [4.78, 5) is 14.3. The molecule has 0 radical (unpaired) electrons. The summed E-state index contributed by atoms with van der Waals surface area (Å²) >= 11 is 6.13. The van der Waals surface area contributed by atoms with Gasteiger partial charge in [0.05, 0.1) is 4.90 Å². The van der Waals surface area contributed by atoms with Crippen LogP contribution in [0.5, 0.6) is 0 Å². The van der Waals surface area contributed by atoms with Gasteiger partial charge in [0.1, 0.15) is 0 Å². The summed E-state index contributed by atoms with van der Waals surface area (Å²) in [5.74, 6) is -0.261. The molecule has 0 heterocycles. The Morgan fingerprint density at radius 3 is 2.60 bits per heavy atom. The van der Waals surface area contributed by atoms with Gasteiger partial charge in [-0.25, -0.2) is 13.1 Å². The first-order chi connectivity index (χ1) is 11.9. The third-order valence-corrected chi connectivity index (χ3v) is 5.89. The third kappa shape index (κ3) is 4.39. The second-order valence-electron chi connectivity index (χ2n) is 6.18. The number of benzene rings is 2. The summed E-state index contributed by atoms with van der Waals surface area (Å²) in [6.07, 6.45) is 1.72. The SMILES string of the molecule is CN(Cc1ccccc1Cl)C(=O)c1cccc(S(=O)(=O)NC2CC2)c1. The van der Waals surface area contributed by atoms with Crippen LogP contribution in [-0.2, 0) is 16.6 Å². The maximum absolute atomic E-state index is 12.6. The quantitative estimate of drug-likeness (QED) is 0.840. The van der Waals surface area contributed by atoms with Gasteiger partial charge in [-0.05, 0) is 42.7 Å². The molecule has 132 valence electrons. The van der Waals surface area contributed by atoms with Crippen molar-refractivity contribution in [2.45, 2.75) is 30.3 Å². The van der Waals surface area contributed by atoms with E-state index in [0.717, 1.165) is 18.4 Å². The number of rotatable bonds is 6. The van der Waals surface area contributed by atoms with Crippen molar-refractivity contribution in [1.82, 2.24) is 9.62 Å². The number of sulfonamides is 1. The minimum Gasteiger partial charge on any atom is -0.337 e. The van der Waals surface area contributed by atoms with E-state index in [1.165, 1.54) is 17.0 Å². The molecule has 0 aliphatic heterocycles. The zero-order chi connectivity index (χ0) is 18.0. The van der Waals surface area contributed by atoms with Gasteiger partial charge in [-0.15, -0.1) is 0 Å². The van der Waals surface area contributed by atoms with E-state index in [0.29, 0.717) is 17.1 Å². The van der Waals surface area contributed by atoms with Crippen LogP contribution in [0.4, 0.5) is 0 Å². The van der Waals surface area contributed by atoms with Crippen LogP contribution >= 0.6 is 11.6 Å². The highest BCUT2D eigenvalue weighted by atomic mass is 35.5. The topological polar surface area (TPSA) is 66.5 Å². The largest absolute Gasteiger partial charge is 0.337 e. The first-order valence-corrected chi connectivity index (χ1v) is 9.84. The van der Waals surface area contributed by atoms with Crippen molar-refractivity contribution < 1.29 is 13.2 Å². The highest BCUT2D eigenvalue weighted by molar-refractivity contribution is 7.89. The smallest absolute Gasteiger partial charge is 0.253 e. The zero-order valence-electron chi connectivity index (χ0n) is 13.8. The number of hydrogen-bond donors (Lipinski definition) is 1. The molecular weight excluding hydrogens is 360 g/mol. The number of carbonyl (C=O) groups excluding carboxylic acids is 1. The fourth-order valence-corrected chi connectivity index (χ4v) is 4.01. The standard InChI is InChI=1S/C18H19ClN2O3S/c1-21(12-14-5-2-3-8-17(14)19)18(22)13-6-4-7-16(11-13)25(23,24)20-15-9-10-15/h2-8,11,15,20H,9-10,12H2,1H3.